The Hall–Kier alpha value is -1.75. The summed E-state index contributed by atoms with van der Waals surface area (Å²) in [6.45, 7) is 3.39. The monoisotopic (exact) mass is 285 g/mol. The molecule has 0 spiro atoms. The van der Waals surface area contributed by atoms with E-state index < -0.39 is 11.4 Å². The second-order valence-corrected chi connectivity index (χ2v) is 5.56. The predicted molar refractivity (Wildman–Crippen MR) is 72.4 cm³/mol. The van der Waals surface area contributed by atoms with Crippen molar-refractivity contribution in [1.82, 2.24) is 0 Å². The zero-order chi connectivity index (χ0) is 14.6. The molecule has 3 N–H and O–H groups in total. The van der Waals surface area contributed by atoms with E-state index in [2.05, 4.69) is 5.32 Å². The zero-order valence-corrected chi connectivity index (χ0v) is 11.5. The zero-order valence-electron chi connectivity index (χ0n) is 10.7. The number of carboxylic acids is 1. The van der Waals surface area contributed by atoms with E-state index >= 15 is 0 Å². The number of benzene rings is 1. The average molecular weight is 286 g/mol. The number of carbonyl (C=O) groups excluding carboxylic acids is 1. The molecule has 0 saturated carbocycles. The number of rotatable bonds is 5. The van der Waals surface area contributed by atoms with Crippen molar-refractivity contribution in [1.29, 1.82) is 0 Å². The summed E-state index contributed by atoms with van der Waals surface area (Å²) in [6, 6.07) is 4.31. The van der Waals surface area contributed by atoms with Crippen LogP contribution in [0, 0.1) is 5.41 Å². The summed E-state index contributed by atoms with van der Waals surface area (Å²) in [5.41, 5.74) is -0.451. The molecule has 6 heteroatoms. The van der Waals surface area contributed by atoms with Crippen molar-refractivity contribution in [2.24, 2.45) is 5.41 Å². The molecule has 1 amide bonds. The minimum Gasteiger partial charge on any atom is -0.506 e. The summed E-state index contributed by atoms with van der Waals surface area (Å²) in [6.07, 6.45) is -0.0762. The molecule has 0 bridgehead atoms. The molecule has 0 aromatic heterocycles. The van der Waals surface area contributed by atoms with Gasteiger partial charge in [0.1, 0.15) is 5.75 Å². The van der Waals surface area contributed by atoms with Crippen molar-refractivity contribution in [3.8, 4) is 5.75 Å². The maximum atomic E-state index is 11.8. The van der Waals surface area contributed by atoms with E-state index in [9.17, 15) is 14.7 Å². The van der Waals surface area contributed by atoms with Crippen LogP contribution < -0.4 is 5.32 Å². The lowest BCUT2D eigenvalue weighted by Crippen LogP contribution is -2.24. The normalized spacial score (nSPS) is 11.1. The van der Waals surface area contributed by atoms with Crippen molar-refractivity contribution < 1.29 is 19.8 Å². The van der Waals surface area contributed by atoms with Gasteiger partial charge in [-0.3, -0.25) is 9.59 Å². The highest BCUT2D eigenvalue weighted by molar-refractivity contribution is 6.31. The standard InChI is InChI=1S/C13H16ClNO4/c1-13(2,7-12(18)19)6-11(17)15-9-5-8(14)3-4-10(9)16/h3-5,16H,6-7H2,1-2H3,(H,15,17)(H,18,19). The number of phenols is 1. The summed E-state index contributed by atoms with van der Waals surface area (Å²) in [7, 11) is 0. The second-order valence-electron chi connectivity index (χ2n) is 5.12. The summed E-state index contributed by atoms with van der Waals surface area (Å²) < 4.78 is 0. The third-order valence-corrected chi connectivity index (χ3v) is 2.74. The number of aromatic hydroxyl groups is 1. The Balaban J connectivity index is 2.70. The van der Waals surface area contributed by atoms with E-state index in [0.717, 1.165) is 0 Å². The van der Waals surface area contributed by atoms with E-state index in [1.807, 2.05) is 0 Å². The summed E-state index contributed by atoms with van der Waals surface area (Å²) in [5.74, 6) is -1.42. The van der Waals surface area contributed by atoms with Crippen LogP contribution in [0.5, 0.6) is 5.75 Å². The number of phenolic OH excluding ortho intramolecular Hbond substituents is 1. The highest BCUT2D eigenvalue weighted by atomic mass is 35.5. The Kier molecular flexibility index (Phi) is 4.78. The average Bonchev–Trinajstić information content (AvgIpc) is 2.20. The largest absolute Gasteiger partial charge is 0.506 e. The number of anilines is 1. The van der Waals surface area contributed by atoms with Crippen LogP contribution in [0.2, 0.25) is 5.02 Å². The summed E-state index contributed by atoms with van der Waals surface area (Å²) in [5, 5.41) is 21.2. The van der Waals surface area contributed by atoms with Gasteiger partial charge in [0.25, 0.3) is 0 Å². The van der Waals surface area contributed by atoms with E-state index in [0.29, 0.717) is 5.02 Å². The van der Waals surface area contributed by atoms with Crippen molar-refractivity contribution in [3.63, 3.8) is 0 Å². The van der Waals surface area contributed by atoms with Gasteiger partial charge in [-0.25, -0.2) is 0 Å². The fourth-order valence-electron chi connectivity index (χ4n) is 1.71. The van der Waals surface area contributed by atoms with Crippen molar-refractivity contribution >= 4 is 29.2 Å². The molecule has 0 radical (unpaired) electrons. The number of hydrogen-bond donors (Lipinski definition) is 3. The SMILES string of the molecule is CC(C)(CC(=O)O)CC(=O)Nc1cc(Cl)ccc1O. The first-order chi connectivity index (χ1) is 8.69. The maximum Gasteiger partial charge on any atom is 0.303 e. The Morgan fingerprint density at radius 3 is 2.53 bits per heavy atom. The summed E-state index contributed by atoms with van der Waals surface area (Å²) in [4.78, 5) is 22.5. The third-order valence-electron chi connectivity index (χ3n) is 2.50. The number of carboxylic acid groups (broad SMARTS) is 1. The van der Waals surface area contributed by atoms with Crippen molar-refractivity contribution in [3.05, 3.63) is 23.2 Å². The fourth-order valence-corrected chi connectivity index (χ4v) is 1.88. The molecular formula is C13H16ClNO4. The maximum absolute atomic E-state index is 11.8. The number of hydrogen-bond acceptors (Lipinski definition) is 3. The van der Waals surface area contributed by atoms with Gasteiger partial charge in [-0.05, 0) is 23.6 Å². The van der Waals surface area contributed by atoms with Gasteiger partial charge in [0.15, 0.2) is 0 Å². The number of halogens is 1. The highest BCUT2D eigenvalue weighted by Gasteiger charge is 2.25. The first-order valence-corrected chi connectivity index (χ1v) is 6.07. The molecule has 1 rings (SSSR count). The van der Waals surface area contributed by atoms with E-state index in [1.54, 1.807) is 13.8 Å². The van der Waals surface area contributed by atoms with Gasteiger partial charge in [0, 0.05) is 11.4 Å². The van der Waals surface area contributed by atoms with Crippen LogP contribution in [0.1, 0.15) is 26.7 Å². The Bertz CT molecular complexity index is 499. The Morgan fingerprint density at radius 1 is 1.32 bits per heavy atom. The number of aliphatic carboxylic acids is 1. The van der Waals surface area contributed by atoms with Gasteiger partial charge in [-0.15, -0.1) is 0 Å². The molecular weight excluding hydrogens is 270 g/mol. The quantitative estimate of drug-likeness (QED) is 0.726. The number of amides is 1. The van der Waals surface area contributed by atoms with Crippen LogP contribution in [0.4, 0.5) is 5.69 Å². The molecule has 0 fully saturated rings. The van der Waals surface area contributed by atoms with Crippen LogP contribution in [0.15, 0.2) is 18.2 Å². The van der Waals surface area contributed by atoms with Gasteiger partial charge >= 0.3 is 5.97 Å². The second kappa shape index (κ2) is 5.93. The predicted octanol–water partition coefficient (Wildman–Crippen LogP) is 2.88. The van der Waals surface area contributed by atoms with Crippen LogP contribution in [0.3, 0.4) is 0 Å². The van der Waals surface area contributed by atoms with Crippen molar-refractivity contribution in [2.75, 3.05) is 5.32 Å². The number of nitrogens with one attached hydrogen (secondary N) is 1. The lowest BCUT2D eigenvalue weighted by atomic mass is 9.85. The molecule has 19 heavy (non-hydrogen) atoms. The van der Waals surface area contributed by atoms with E-state index in [-0.39, 0.29) is 30.2 Å². The van der Waals surface area contributed by atoms with Crippen molar-refractivity contribution in [2.45, 2.75) is 26.7 Å². The first-order valence-electron chi connectivity index (χ1n) is 5.70. The number of carbonyl (C=O) groups is 2. The first kappa shape index (κ1) is 15.3. The van der Waals surface area contributed by atoms with Gasteiger partial charge < -0.3 is 15.5 Å². The molecule has 0 aliphatic rings. The summed E-state index contributed by atoms with van der Waals surface area (Å²) >= 11 is 5.76. The molecule has 0 saturated heterocycles. The van der Waals surface area contributed by atoms with Gasteiger partial charge in [0.05, 0.1) is 12.1 Å². The minimum absolute atomic E-state index is 0.0330. The van der Waals surface area contributed by atoms with Gasteiger partial charge in [0.2, 0.25) is 5.91 Å². The molecule has 1 aromatic carbocycles. The van der Waals surface area contributed by atoms with Crippen LogP contribution in [0.25, 0.3) is 0 Å². The Labute approximate surface area is 116 Å². The van der Waals surface area contributed by atoms with E-state index in [4.69, 9.17) is 16.7 Å². The highest BCUT2D eigenvalue weighted by Crippen LogP contribution is 2.29. The molecule has 0 aliphatic heterocycles. The molecule has 0 heterocycles. The van der Waals surface area contributed by atoms with Crippen LogP contribution in [-0.2, 0) is 9.59 Å². The fraction of sp³-hybridized carbons (Fsp3) is 0.385. The minimum atomic E-state index is -0.955. The molecule has 0 unspecified atom stereocenters. The lowest BCUT2D eigenvalue weighted by Gasteiger charge is -2.21. The third kappa shape index (κ3) is 5.18. The van der Waals surface area contributed by atoms with Crippen LogP contribution in [-0.4, -0.2) is 22.1 Å². The van der Waals surface area contributed by atoms with Gasteiger partial charge in [-0.1, -0.05) is 25.4 Å². The van der Waals surface area contributed by atoms with Crippen LogP contribution >= 0.6 is 11.6 Å². The molecule has 1 aromatic rings. The Morgan fingerprint density at radius 2 is 1.95 bits per heavy atom. The molecule has 5 nitrogen and oxygen atoms in total. The molecule has 0 atom stereocenters. The lowest BCUT2D eigenvalue weighted by molar-refractivity contribution is -0.139. The van der Waals surface area contributed by atoms with Gasteiger partial charge in [-0.2, -0.15) is 0 Å². The smallest absolute Gasteiger partial charge is 0.303 e. The topological polar surface area (TPSA) is 86.6 Å². The molecule has 104 valence electrons. The van der Waals surface area contributed by atoms with E-state index in [1.165, 1.54) is 18.2 Å². The molecule has 0 aliphatic carbocycles.